The lowest BCUT2D eigenvalue weighted by Crippen LogP contribution is -1.86. The van der Waals surface area contributed by atoms with E-state index in [4.69, 9.17) is 16.9 Å². The van der Waals surface area contributed by atoms with Gasteiger partial charge in [-0.1, -0.05) is 11.6 Å². The van der Waals surface area contributed by atoms with Crippen LogP contribution in [0.1, 0.15) is 5.56 Å². The van der Waals surface area contributed by atoms with Gasteiger partial charge in [0, 0.05) is 0 Å². The van der Waals surface area contributed by atoms with Crippen LogP contribution in [0.2, 0.25) is 5.15 Å². The fraction of sp³-hybridized carbons (Fsp3) is 0. The average Bonchev–Trinajstić information content (AvgIpc) is 1.88. The van der Waals surface area contributed by atoms with Gasteiger partial charge in [-0.3, -0.25) is 0 Å². The van der Waals surface area contributed by atoms with Crippen LogP contribution in [0.4, 0.5) is 0 Å². The van der Waals surface area contributed by atoms with Crippen LogP contribution in [-0.2, 0) is 0 Å². The zero-order valence-electron chi connectivity index (χ0n) is 4.67. The minimum absolute atomic E-state index is 0.171. The summed E-state index contributed by atoms with van der Waals surface area (Å²) in [4.78, 5) is 7.32. The lowest BCUT2D eigenvalue weighted by atomic mass is 10.4. The molecule has 0 aromatic carbocycles. The van der Waals surface area contributed by atoms with Crippen LogP contribution in [0.15, 0.2) is 10.9 Å². The first-order chi connectivity index (χ1) is 4.75. The topological polar surface area (TPSA) is 49.6 Å². The molecule has 0 spiro atoms. The Morgan fingerprint density at radius 1 is 1.60 bits per heavy atom. The van der Waals surface area contributed by atoms with Gasteiger partial charge in [0.25, 0.3) is 0 Å². The summed E-state index contributed by atoms with van der Waals surface area (Å²) in [5, 5.41) is 8.63. The van der Waals surface area contributed by atoms with Crippen LogP contribution in [0.3, 0.4) is 0 Å². The van der Waals surface area contributed by atoms with Crippen LogP contribution in [0, 0.1) is 11.3 Å². The molecule has 0 saturated heterocycles. The molecular formula is C5HBrClN3. The zero-order valence-corrected chi connectivity index (χ0v) is 7.02. The van der Waals surface area contributed by atoms with Gasteiger partial charge in [0.1, 0.15) is 22.6 Å². The normalized spacial score (nSPS) is 8.90. The Balaban J connectivity index is 3.34. The maximum Gasteiger partial charge on any atom is 0.151 e. The Morgan fingerprint density at radius 3 is 2.70 bits per heavy atom. The van der Waals surface area contributed by atoms with Crippen LogP contribution in [-0.4, -0.2) is 9.97 Å². The lowest BCUT2D eigenvalue weighted by molar-refractivity contribution is 1.12. The monoisotopic (exact) mass is 217 g/mol. The van der Waals surface area contributed by atoms with E-state index >= 15 is 0 Å². The molecule has 0 saturated carbocycles. The van der Waals surface area contributed by atoms with E-state index in [0.29, 0.717) is 4.60 Å². The summed E-state index contributed by atoms with van der Waals surface area (Å²) >= 11 is 8.58. The Kier molecular flexibility index (Phi) is 2.20. The molecule has 0 fully saturated rings. The largest absolute Gasteiger partial charge is 0.228 e. The van der Waals surface area contributed by atoms with E-state index in [-0.39, 0.29) is 10.7 Å². The molecule has 0 N–H and O–H groups in total. The quantitative estimate of drug-likeness (QED) is 0.624. The SMILES string of the molecule is N#Cc1c(Cl)ncnc1Br. The standard InChI is InChI=1S/C5HBrClN3/c6-4-3(1-8)5(7)10-2-9-4/h2H. The smallest absolute Gasteiger partial charge is 0.151 e. The molecular weight excluding hydrogens is 217 g/mol. The van der Waals surface area contributed by atoms with Gasteiger partial charge in [-0.25, -0.2) is 9.97 Å². The highest BCUT2D eigenvalue weighted by atomic mass is 79.9. The third-order valence-electron chi connectivity index (χ3n) is 0.867. The summed E-state index contributed by atoms with van der Waals surface area (Å²) in [6.45, 7) is 0. The maximum atomic E-state index is 8.45. The molecule has 0 atom stereocenters. The molecule has 1 heterocycles. The lowest BCUT2D eigenvalue weighted by Gasteiger charge is -1.92. The number of nitriles is 1. The molecule has 0 bridgehead atoms. The van der Waals surface area contributed by atoms with Crippen molar-refractivity contribution in [1.29, 1.82) is 5.26 Å². The fourth-order valence-electron chi connectivity index (χ4n) is 0.437. The third kappa shape index (κ3) is 1.25. The predicted molar refractivity (Wildman–Crippen MR) is 39.5 cm³/mol. The summed E-state index contributed by atoms with van der Waals surface area (Å²) in [6.07, 6.45) is 1.28. The minimum Gasteiger partial charge on any atom is -0.228 e. The fourth-order valence-corrected chi connectivity index (χ4v) is 1.09. The van der Waals surface area contributed by atoms with E-state index in [1.807, 2.05) is 6.07 Å². The Morgan fingerprint density at radius 2 is 2.30 bits per heavy atom. The van der Waals surface area contributed by atoms with E-state index in [1.54, 1.807) is 0 Å². The van der Waals surface area contributed by atoms with Gasteiger partial charge < -0.3 is 0 Å². The van der Waals surface area contributed by atoms with Gasteiger partial charge in [0.05, 0.1) is 0 Å². The Bertz CT molecular complexity index is 273. The Hall–Kier alpha value is -0.660. The molecule has 0 unspecified atom stereocenters. The van der Waals surface area contributed by atoms with Crippen LogP contribution >= 0.6 is 27.5 Å². The van der Waals surface area contributed by atoms with Crippen molar-refractivity contribution in [3.63, 3.8) is 0 Å². The molecule has 1 aromatic rings. The van der Waals surface area contributed by atoms with E-state index in [0.717, 1.165) is 0 Å². The van der Waals surface area contributed by atoms with Crippen molar-refractivity contribution in [2.45, 2.75) is 0 Å². The number of halogens is 2. The molecule has 10 heavy (non-hydrogen) atoms. The molecule has 1 aromatic heterocycles. The molecule has 0 aliphatic heterocycles. The number of rotatable bonds is 0. The summed E-state index contributed by atoms with van der Waals surface area (Å²) in [5.41, 5.74) is 0.268. The first-order valence-corrected chi connectivity index (χ1v) is 3.49. The summed E-state index contributed by atoms with van der Waals surface area (Å²) in [7, 11) is 0. The zero-order chi connectivity index (χ0) is 7.56. The molecule has 0 radical (unpaired) electrons. The summed E-state index contributed by atoms with van der Waals surface area (Å²) < 4.78 is 0.426. The summed E-state index contributed by atoms with van der Waals surface area (Å²) in [6, 6.07) is 1.86. The highest BCUT2D eigenvalue weighted by molar-refractivity contribution is 9.10. The van der Waals surface area contributed by atoms with Gasteiger partial charge in [-0.15, -0.1) is 0 Å². The van der Waals surface area contributed by atoms with Crippen molar-refractivity contribution in [2.75, 3.05) is 0 Å². The molecule has 0 amide bonds. The average molecular weight is 218 g/mol. The molecule has 0 aliphatic rings. The maximum absolute atomic E-state index is 8.45. The summed E-state index contributed by atoms with van der Waals surface area (Å²) in [5.74, 6) is 0. The highest BCUT2D eigenvalue weighted by Gasteiger charge is 2.04. The molecule has 3 nitrogen and oxygen atoms in total. The van der Waals surface area contributed by atoms with E-state index in [9.17, 15) is 0 Å². The van der Waals surface area contributed by atoms with Crippen LogP contribution in [0.25, 0.3) is 0 Å². The molecule has 50 valence electrons. The van der Waals surface area contributed by atoms with Gasteiger partial charge in [-0.2, -0.15) is 5.26 Å². The van der Waals surface area contributed by atoms with Crippen molar-refractivity contribution in [3.05, 3.63) is 21.6 Å². The van der Waals surface area contributed by atoms with Crippen LogP contribution in [0.5, 0.6) is 0 Å². The second-order valence-electron chi connectivity index (χ2n) is 1.44. The number of hydrogen-bond acceptors (Lipinski definition) is 3. The van der Waals surface area contributed by atoms with Crippen molar-refractivity contribution in [3.8, 4) is 6.07 Å². The van der Waals surface area contributed by atoms with E-state index in [2.05, 4.69) is 25.9 Å². The first-order valence-electron chi connectivity index (χ1n) is 2.32. The van der Waals surface area contributed by atoms with Crippen molar-refractivity contribution < 1.29 is 0 Å². The van der Waals surface area contributed by atoms with Crippen molar-refractivity contribution in [1.82, 2.24) is 9.97 Å². The first kappa shape index (κ1) is 7.45. The molecule has 0 aliphatic carbocycles. The molecule has 5 heteroatoms. The number of aromatic nitrogens is 2. The second kappa shape index (κ2) is 2.95. The predicted octanol–water partition coefficient (Wildman–Crippen LogP) is 1.76. The van der Waals surface area contributed by atoms with E-state index < -0.39 is 0 Å². The van der Waals surface area contributed by atoms with Gasteiger partial charge in [0.15, 0.2) is 5.15 Å². The molecule has 1 rings (SSSR count). The minimum atomic E-state index is 0.171. The second-order valence-corrected chi connectivity index (χ2v) is 2.55. The number of nitrogens with zero attached hydrogens (tertiary/aromatic N) is 3. The van der Waals surface area contributed by atoms with Crippen LogP contribution < -0.4 is 0 Å². The van der Waals surface area contributed by atoms with E-state index in [1.165, 1.54) is 6.33 Å². The van der Waals surface area contributed by atoms with Gasteiger partial charge in [-0.05, 0) is 15.9 Å². The highest BCUT2D eigenvalue weighted by Crippen LogP contribution is 2.17. The Labute approximate surface area is 70.8 Å². The van der Waals surface area contributed by atoms with Crippen molar-refractivity contribution >= 4 is 27.5 Å². The third-order valence-corrected chi connectivity index (χ3v) is 1.75. The number of hydrogen-bond donors (Lipinski definition) is 0. The van der Waals surface area contributed by atoms with Gasteiger partial charge >= 0.3 is 0 Å². The van der Waals surface area contributed by atoms with Gasteiger partial charge in [0.2, 0.25) is 0 Å². The van der Waals surface area contributed by atoms with Crippen molar-refractivity contribution in [2.24, 2.45) is 0 Å².